The van der Waals surface area contributed by atoms with E-state index in [1.165, 1.54) is 17.5 Å². The van der Waals surface area contributed by atoms with Crippen LogP contribution >= 0.6 is 0 Å². The van der Waals surface area contributed by atoms with E-state index in [0.717, 1.165) is 43.6 Å². The first-order valence-electron chi connectivity index (χ1n) is 9.32. The number of rotatable bonds is 7. The second-order valence-corrected chi connectivity index (χ2v) is 6.99. The summed E-state index contributed by atoms with van der Waals surface area (Å²) in [5, 5.41) is 6.73. The average Bonchev–Trinajstić information content (AvgIpc) is 3.11. The van der Waals surface area contributed by atoms with E-state index in [0.29, 0.717) is 12.1 Å². The summed E-state index contributed by atoms with van der Waals surface area (Å²) in [6, 6.07) is 11.3. The van der Waals surface area contributed by atoms with Gasteiger partial charge in [-0.05, 0) is 67.5 Å². The van der Waals surface area contributed by atoms with E-state index >= 15 is 0 Å². The molecule has 2 atom stereocenters. The summed E-state index contributed by atoms with van der Waals surface area (Å²) in [6.07, 6.45) is 8.24. The maximum atomic E-state index is 11.3. The molecule has 3 rings (SSSR count). The fraction of sp³-hybridized carbons (Fsp3) is 0.476. The highest BCUT2D eigenvalue weighted by Gasteiger charge is 2.21. The Balaban J connectivity index is 1.57. The molecule has 1 aromatic carbocycles. The van der Waals surface area contributed by atoms with Gasteiger partial charge in [0.1, 0.15) is 5.76 Å². The van der Waals surface area contributed by atoms with E-state index in [4.69, 9.17) is 4.42 Å². The van der Waals surface area contributed by atoms with E-state index in [9.17, 15) is 4.79 Å². The van der Waals surface area contributed by atoms with Crippen LogP contribution in [0.2, 0.25) is 0 Å². The van der Waals surface area contributed by atoms with Crippen molar-refractivity contribution >= 4 is 11.6 Å². The van der Waals surface area contributed by atoms with Crippen molar-refractivity contribution < 1.29 is 9.21 Å². The van der Waals surface area contributed by atoms with Gasteiger partial charge in [0.25, 0.3) is 0 Å². The van der Waals surface area contributed by atoms with E-state index in [1.807, 2.05) is 18.2 Å². The minimum atomic E-state index is -0.0191. The molecule has 0 bridgehead atoms. The number of carbonyl (C=O) groups is 1. The summed E-state index contributed by atoms with van der Waals surface area (Å²) in [7, 11) is 0. The van der Waals surface area contributed by atoms with Crippen molar-refractivity contribution in [2.45, 2.75) is 64.5 Å². The van der Waals surface area contributed by atoms with Gasteiger partial charge < -0.3 is 15.1 Å². The lowest BCUT2D eigenvalue weighted by Gasteiger charge is -2.30. The largest absolute Gasteiger partial charge is 0.469 e. The monoisotopic (exact) mass is 340 g/mol. The molecule has 0 fully saturated rings. The van der Waals surface area contributed by atoms with Gasteiger partial charge in [-0.25, -0.2) is 0 Å². The summed E-state index contributed by atoms with van der Waals surface area (Å²) < 4.78 is 5.45. The number of nitrogens with one attached hydrogen (secondary N) is 2. The van der Waals surface area contributed by atoms with E-state index in [1.54, 1.807) is 13.2 Å². The molecule has 4 nitrogen and oxygen atoms in total. The molecule has 134 valence electrons. The van der Waals surface area contributed by atoms with Crippen LogP contribution in [0.3, 0.4) is 0 Å². The van der Waals surface area contributed by atoms with Crippen LogP contribution in [0.1, 0.15) is 50.0 Å². The van der Waals surface area contributed by atoms with Crippen LogP contribution in [0.4, 0.5) is 5.69 Å². The predicted octanol–water partition coefficient (Wildman–Crippen LogP) is 4.10. The van der Waals surface area contributed by atoms with E-state index in [-0.39, 0.29) is 5.91 Å². The number of hydrogen-bond acceptors (Lipinski definition) is 3. The Bertz CT molecular complexity index is 694. The highest BCUT2D eigenvalue weighted by molar-refractivity contribution is 5.88. The van der Waals surface area contributed by atoms with Gasteiger partial charge in [0.15, 0.2) is 0 Å². The average molecular weight is 340 g/mol. The molecule has 2 unspecified atom stereocenters. The number of aryl methyl sites for hydroxylation is 2. The Morgan fingerprint density at radius 2 is 2.20 bits per heavy atom. The molecule has 0 saturated heterocycles. The molecule has 25 heavy (non-hydrogen) atoms. The van der Waals surface area contributed by atoms with Crippen LogP contribution in [0.5, 0.6) is 0 Å². The third-order valence-corrected chi connectivity index (χ3v) is 5.04. The van der Waals surface area contributed by atoms with Crippen molar-refractivity contribution in [2.75, 3.05) is 5.32 Å². The number of benzene rings is 1. The summed E-state index contributed by atoms with van der Waals surface area (Å²) in [5.74, 6) is 1.04. The fourth-order valence-corrected chi connectivity index (χ4v) is 3.69. The van der Waals surface area contributed by atoms with Crippen LogP contribution in [0.25, 0.3) is 0 Å². The molecular formula is C21H28N2O2. The van der Waals surface area contributed by atoms with Gasteiger partial charge in [0.05, 0.1) is 6.26 Å². The molecule has 0 aliphatic heterocycles. The molecule has 2 aromatic rings. The van der Waals surface area contributed by atoms with Gasteiger partial charge in [-0.1, -0.05) is 13.0 Å². The molecule has 0 saturated carbocycles. The van der Waals surface area contributed by atoms with Gasteiger partial charge in [-0.2, -0.15) is 0 Å². The Hall–Kier alpha value is -2.07. The Morgan fingerprint density at radius 3 is 2.92 bits per heavy atom. The van der Waals surface area contributed by atoms with Crippen molar-refractivity contribution in [1.29, 1.82) is 0 Å². The lowest BCUT2D eigenvalue weighted by molar-refractivity contribution is -0.114. The maximum absolute atomic E-state index is 11.3. The van der Waals surface area contributed by atoms with Gasteiger partial charge in [-0.15, -0.1) is 0 Å². The zero-order valence-corrected chi connectivity index (χ0v) is 15.2. The first-order valence-corrected chi connectivity index (χ1v) is 9.32. The smallest absolute Gasteiger partial charge is 0.221 e. The molecule has 4 heteroatoms. The SMILES string of the molecule is CCC(CCc1ccco1)NC1CCc2ccc(NC(C)=O)cc2C1. The Labute approximate surface area is 150 Å². The number of anilines is 1. The molecule has 1 amide bonds. The van der Waals surface area contributed by atoms with E-state index in [2.05, 4.69) is 29.7 Å². The number of carbonyl (C=O) groups excluding carboxylic acids is 1. The van der Waals surface area contributed by atoms with Crippen LogP contribution in [0.15, 0.2) is 41.0 Å². The minimum absolute atomic E-state index is 0.0191. The molecule has 1 aliphatic rings. The second-order valence-electron chi connectivity index (χ2n) is 6.99. The first kappa shape index (κ1) is 17.7. The Morgan fingerprint density at radius 1 is 1.32 bits per heavy atom. The standard InChI is InChI=1S/C21H28N2O2/c1-3-18(10-11-21-5-4-12-25-21)23-20-9-7-16-6-8-19(22-15(2)24)13-17(16)14-20/h4-6,8,12-13,18,20,23H,3,7,9-11,14H2,1-2H3,(H,22,24). The molecule has 1 aromatic heterocycles. The van der Waals surface area contributed by atoms with Crippen LogP contribution < -0.4 is 10.6 Å². The highest BCUT2D eigenvalue weighted by Crippen LogP contribution is 2.25. The maximum Gasteiger partial charge on any atom is 0.221 e. The lowest BCUT2D eigenvalue weighted by Crippen LogP contribution is -2.41. The van der Waals surface area contributed by atoms with Crippen LogP contribution in [-0.4, -0.2) is 18.0 Å². The van der Waals surface area contributed by atoms with Crippen molar-refractivity contribution in [3.63, 3.8) is 0 Å². The lowest BCUT2D eigenvalue weighted by atomic mass is 9.87. The molecule has 0 radical (unpaired) electrons. The molecule has 0 spiro atoms. The van der Waals surface area contributed by atoms with Crippen molar-refractivity contribution in [3.8, 4) is 0 Å². The predicted molar refractivity (Wildman–Crippen MR) is 101 cm³/mol. The van der Waals surface area contributed by atoms with Gasteiger partial charge in [0, 0.05) is 31.1 Å². The quantitative estimate of drug-likeness (QED) is 0.798. The molecule has 2 N–H and O–H groups in total. The molecule has 1 aliphatic carbocycles. The van der Waals surface area contributed by atoms with Crippen LogP contribution in [-0.2, 0) is 24.1 Å². The van der Waals surface area contributed by atoms with Crippen molar-refractivity contribution in [1.82, 2.24) is 5.32 Å². The molecule has 1 heterocycles. The van der Waals surface area contributed by atoms with Gasteiger partial charge in [-0.3, -0.25) is 4.79 Å². The normalized spacial score (nSPS) is 17.8. The van der Waals surface area contributed by atoms with Crippen molar-refractivity contribution in [2.24, 2.45) is 0 Å². The van der Waals surface area contributed by atoms with Crippen LogP contribution in [0, 0.1) is 0 Å². The van der Waals surface area contributed by atoms with Gasteiger partial charge >= 0.3 is 0 Å². The van der Waals surface area contributed by atoms with E-state index < -0.39 is 0 Å². The number of amides is 1. The highest BCUT2D eigenvalue weighted by atomic mass is 16.3. The zero-order chi connectivity index (χ0) is 17.6. The summed E-state index contributed by atoms with van der Waals surface area (Å²) in [4.78, 5) is 11.3. The molecular weight excluding hydrogens is 312 g/mol. The first-order chi connectivity index (χ1) is 12.1. The van der Waals surface area contributed by atoms with Crippen molar-refractivity contribution in [3.05, 3.63) is 53.5 Å². The third-order valence-electron chi connectivity index (χ3n) is 5.04. The topological polar surface area (TPSA) is 54.3 Å². The summed E-state index contributed by atoms with van der Waals surface area (Å²) in [6.45, 7) is 3.79. The number of fused-ring (bicyclic) bond motifs is 1. The number of hydrogen-bond donors (Lipinski definition) is 2. The fourth-order valence-electron chi connectivity index (χ4n) is 3.69. The Kier molecular flexibility index (Phi) is 5.92. The summed E-state index contributed by atoms with van der Waals surface area (Å²) >= 11 is 0. The number of furan rings is 1. The zero-order valence-electron chi connectivity index (χ0n) is 15.2. The minimum Gasteiger partial charge on any atom is -0.469 e. The second kappa shape index (κ2) is 8.34. The third kappa shape index (κ3) is 4.95. The summed E-state index contributed by atoms with van der Waals surface area (Å²) in [5.41, 5.74) is 3.67. The van der Waals surface area contributed by atoms with Gasteiger partial charge in [0.2, 0.25) is 5.91 Å².